The van der Waals surface area contributed by atoms with Gasteiger partial charge in [0.2, 0.25) is 0 Å². The highest BCUT2D eigenvalue weighted by Gasteiger charge is 2.19. The molecule has 0 atom stereocenters. The fourth-order valence-electron chi connectivity index (χ4n) is 2.56. The smallest absolute Gasteiger partial charge is 0.261 e. The van der Waals surface area contributed by atoms with E-state index in [1.807, 2.05) is 19.1 Å². The quantitative estimate of drug-likeness (QED) is 0.749. The number of fused-ring (bicyclic) bond motifs is 1. The van der Waals surface area contributed by atoms with Crippen LogP contribution in [-0.4, -0.2) is 32.2 Å². The third-order valence-corrected chi connectivity index (χ3v) is 4.90. The molecule has 6 nitrogen and oxygen atoms in total. The van der Waals surface area contributed by atoms with E-state index >= 15 is 0 Å². The molecule has 0 spiro atoms. The van der Waals surface area contributed by atoms with Crippen LogP contribution in [0.3, 0.4) is 0 Å². The molecule has 1 aromatic heterocycles. The molecular formula is C18H18N2O4S. The molecule has 0 bridgehead atoms. The van der Waals surface area contributed by atoms with E-state index in [0.717, 1.165) is 15.8 Å². The van der Waals surface area contributed by atoms with Crippen LogP contribution in [-0.2, 0) is 0 Å². The fourth-order valence-corrected chi connectivity index (χ4v) is 3.50. The van der Waals surface area contributed by atoms with E-state index in [1.54, 1.807) is 25.3 Å². The van der Waals surface area contributed by atoms with Crippen LogP contribution in [0, 0.1) is 6.92 Å². The molecule has 0 aliphatic rings. The van der Waals surface area contributed by atoms with Crippen molar-refractivity contribution in [1.82, 2.24) is 4.98 Å². The molecule has 0 fully saturated rings. The van der Waals surface area contributed by atoms with E-state index in [4.69, 9.17) is 14.2 Å². The number of nitrogens with one attached hydrogen (secondary N) is 1. The van der Waals surface area contributed by atoms with Gasteiger partial charge >= 0.3 is 0 Å². The maximum atomic E-state index is 12.7. The number of benzene rings is 2. The van der Waals surface area contributed by atoms with Crippen molar-refractivity contribution in [1.29, 1.82) is 0 Å². The zero-order chi connectivity index (χ0) is 18.0. The Balaban J connectivity index is 1.97. The summed E-state index contributed by atoms with van der Waals surface area (Å²) in [6.07, 6.45) is 0. The van der Waals surface area contributed by atoms with E-state index in [1.165, 1.54) is 25.6 Å². The molecule has 0 aliphatic carbocycles. The van der Waals surface area contributed by atoms with Crippen molar-refractivity contribution in [3.63, 3.8) is 0 Å². The Labute approximate surface area is 149 Å². The van der Waals surface area contributed by atoms with Crippen molar-refractivity contribution in [3.8, 4) is 17.2 Å². The van der Waals surface area contributed by atoms with Crippen molar-refractivity contribution in [2.45, 2.75) is 6.92 Å². The minimum Gasteiger partial charge on any atom is -0.494 e. The van der Waals surface area contributed by atoms with Crippen molar-refractivity contribution in [2.75, 3.05) is 26.6 Å². The minimum atomic E-state index is -0.313. The molecule has 0 saturated heterocycles. The van der Waals surface area contributed by atoms with Gasteiger partial charge in [-0.25, -0.2) is 4.98 Å². The van der Waals surface area contributed by atoms with Gasteiger partial charge < -0.3 is 14.2 Å². The number of thiazole rings is 1. The number of amides is 1. The molecule has 3 rings (SSSR count). The van der Waals surface area contributed by atoms with Crippen LogP contribution in [0.2, 0.25) is 0 Å². The first-order chi connectivity index (χ1) is 12.1. The molecule has 1 amide bonds. The second-order valence-electron chi connectivity index (χ2n) is 5.28. The normalized spacial score (nSPS) is 10.6. The van der Waals surface area contributed by atoms with Crippen LogP contribution in [0.5, 0.6) is 17.2 Å². The van der Waals surface area contributed by atoms with Crippen LogP contribution in [0.15, 0.2) is 30.3 Å². The first-order valence-electron chi connectivity index (χ1n) is 7.55. The van der Waals surface area contributed by atoms with Gasteiger partial charge in [-0.3, -0.25) is 10.1 Å². The summed E-state index contributed by atoms with van der Waals surface area (Å²) in [5.74, 6) is 1.25. The number of methoxy groups -OCH3 is 3. The molecule has 0 unspecified atom stereocenters. The summed E-state index contributed by atoms with van der Waals surface area (Å²) in [6, 6.07) is 8.99. The molecular weight excluding hydrogens is 340 g/mol. The zero-order valence-electron chi connectivity index (χ0n) is 14.4. The van der Waals surface area contributed by atoms with Crippen molar-refractivity contribution in [3.05, 3.63) is 41.5 Å². The summed E-state index contributed by atoms with van der Waals surface area (Å²) >= 11 is 1.40. The Morgan fingerprint density at radius 2 is 1.80 bits per heavy atom. The molecule has 1 N–H and O–H groups in total. The largest absolute Gasteiger partial charge is 0.494 e. The Hall–Kier alpha value is -2.80. The molecule has 1 heterocycles. The van der Waals surface area contributed by atoms with Gasteiger partial charge in [-0.1, -0.05) is 23.5 Å². The molecule has 0 saturated carbocycles. The van der Waals surface area contributed by atoms with Crippen LogP contribution in [0.4, 0.5) is 5.13 Å². The van der Waals surface area contributed by atoms with E-state index < -0.39 is 0 Å². The van der Waals surface area contributed by atoms with Crippen LogP contribution >= 0.6 is 11.3 Å². The summed E-state index contributed by atoms with van der Waals surface area (Å²) in [7, 11) is 4.63. The van der Waals surface area contributed by atoms with Gasteiger partial charge in [0.15, 0.2) is 16.6 Å². The number of para-hydroxylation sites is 1. The topological polar surface area (TPSA) is 69.7 Å². The summed E-state index contributed by atoms with van der Waals surface area (Å²) in [4.78, 5) is 17.2. The first-order valence-corrected chi connectivity index (χ1v) is 8.37. The molecule has 0 aliphatic heterocycles. The molecule has 2 aromatic carbocycles. The third kappa shape index (κ3) is 3.10. The Kier molecular flexibility index (Phi) is 4.76. The number of ether oxygens (including phenoxy) is 3. The number of anilines is 1. The number of hydrogen-bond donors (Lipinski definition) is 1. The number of carbonyl (C=O) groups is 1. The fraction of sp³-hybridized carbons (Fsp3) is 0.222. The number of hydrogen-bond acceptors (Lipinski definition) is 6. The Bertz CT molecular complexity index is 936. The van der Waals surface area contributed by atoms with Gasteiger partial charge in [0.1, 0.15) is 11.3 Å². The monoisotopic (exact) mass is 358 g/mol. The lowest BCUT2D eigenvalue weighted by molar-refractivity contribution is 0.102. The highest BCUT2D eigenvalue weighted by molar-refractivity contribution is 7.22. The maximum Gasteiger partial charge on any atom is 0.261 e. The van der Waals surface area contributed by atoms with Crippen molar-refractivity contribution < 1.29 is 19.0 Å². The standard InChI is InChI=1S/C18H18N2O4S/c1-10-8-9-12(22-2)14-16(10)25-18(19-14)20-17(21)11-6-5-7-13(23-3)15(11)24-4/h5-9H,1-4H3,(H,19,20,21). The molecule has 0 radical (unpaired) electrons. The molecule has 3 aromatic rings. The lowest BCUT2D eigenvalue weighted by atomic mass is 10.1. The zero-order valence-corrected chi connectivity index (χ0v) is 15.2. The summed E-state index contributed by atoms with van der Waals surface area (Å²) < 4.78 is 16.9. The van der Waals surface area contributed by atoms with Crippen molar-refractivity contribution in [2.24, 2.45) is 0 Å². The highest BCUT2D eigenvalue weighted by atomic mass is 32.1. The molecule has 130 valence electrons. The lowest BCUT2D eigenvalue weighted by Gasteiger charge is -2.11. The van der Waals surface area contributed by atoms with Gasteiger partial charge in [-0.2, -0.15) is 0 Å². The van der Waals surface area contributed by atoms with Gasteiger partial charge in [0, 0.05) is 0 Å². The van der Waals surface area contributed by atoms with Crippen LogP contribution in [0.25, 0.3) is 10.2 Å². The summed E-state index contributed by atoms with van der Waals surface area (Å²) in [6.45, 7) is 2.00. The number of aryl methyl sites for hydroxylation is 1. The number of rotatable bonds is 5. The first kappa shape index (κ1) is 17.0. The van der Waals surface area contributed by atoms with Gasteiger partial charge in [-0.15, -0.1) is 0 Å². The Morgan fingerprint density at radius 1 is 1.04 bits per heavy atom. The molecule has 25 heavy (non-hydrogen) atoms. The predicted octanol–water partition coefficient (Wildman–Crippen LogP) is 3.88. The number of carbonyl (C=O) groups excluding carboxylic acids is 1. The van der Waals surface area contributed by atoms with Gasteiger partial charge in [-0.05, 0) is 30.7 Å². The predicted molar refractivity (Wildman–Crippen MR) is 98.4 cm³/mol. The highest BCUT2D eigenvalue weighted by Crippen LogP contribution is 2.36. The van der Waals surface area contributed by atoms with Crippen LogP contribution < -0.4 is 19.5 Å². The van der Waals surface area contributed by atoms with Gasteiger partial charge in [0.25, 0.3) is 5.91 Å². The number of nitrogens with zero attached hydrogens (tertiary/aromatic N) is 1. The molecule has 7 heteroatoms. The van der Waals surface area contributed by atoms with E-state index in [9.17, 15) is 4.79 Å². The summed E-state index contributed by atoms with van der Waals surface area (Å²) in [5, 5.41) is 3.33. The third-order valence-electron chi connectivity index (χ3n) is 3.79. The maximum absolute atomic E-state index is 12.7. The second-order valence-corrected chi connectivity index (χ2v) is 6.28. The average molecular weight is 358 g/mol. The van der Waals surface area contributed by atoms with E-state index in [2.05, 4.69) is 10.3 Å². The van der Waals surface area contributed by atoms with Crippen LogP contribution in [0.1, 0.15) is 15.9 Å². The average Bonchev–Trinajstić information content (AvgIpc) is 3.05. The van der Waals surface area contributed by atoms with E-state index in [-0.39, 0.29) is 5.91 Å². The minimum absolute atomic E-state index is 0.313. The SMILES string of the molecule is COc1cccc(C(=O)Nc2nc3c(OC)ccc(C)c3s2)c1OC. The lowest BCUT2D eigenvalue weighted by Crippen LogP contribution is -2.13. The number of aromatic nitrogens is 1. The second kappa shape index (κ2) is 6.98. The van der Waals surface area contributed by atoms with Gasteiger partial charge in [0.05, 0.1) is 31.6 Å². The summed E-state index contributed by atoms with van der Waals surface area (Å²) in [5.41, 5.74) is 2.19. The Morgan fingerprint density at radius 3 is 2.48 bits per heavy atom. The van der Waals surface area contributed by atoms with Crippen molar-refractivity contribution >= 4 is 32.6 Å². The van der Waals surface area contributed by atoms with E-state index in [0.29, 0.717) is 27.9 Å².